The third kappa shape index (κ3) is 14.3. The molecule has 1 saturated heterocycles. The van der Waals surface area contributed by atoms with Crippen molar-refractivity contribution in [3.63, 3.8) is 0 Å². The fraction of sp³-hybridized carbons (Fsp3) is 0.821. The Kier molecular flexibility index (Phi) is 15.7. The zero-order valence-corrected chi connectivity index (χ0v) is 33.7. The van der Waals surface area contributed by atoms with Crippen LogP contribution in [0.15, 0.2) is 6.07 Å². The van der Waals surface area contributed by atoms with E-state index in [0.29, 0.717) is 50.3 Å². The zero-order chi connectivity index (χ0) is 38.6. The van der Waals surface area contributed by atoms with Crippen molar-refractivity contribution < 1.29 is 28.6 Å². The lowest BCUT2D eigenvalue weighted by atomic mass is 9.83. The van der Waals surface area contributed by atoms with Crippen molar-refractivity contribution in [1.82, 2.24) is 24.7 Å². The minimum atomic E-state index is -0.593. The quantitative estimate of drug-likeness (QED) is 0.162. The van der Waals surface area contributed by atoms with E-state index in [4.69, 9.17) is 24.9 Å². The lowest BCUT2D eigenvalue weighted by Gasteiger charge is -2.39. The van der Waals surface area contributed by atoms with Crippen LogP contribution in [0.1, 0.15) is 119 Å². The van der Waals surface area contributed by atoms with Gasteiger partial charge >= 0.3 is 18.2 Å². The zero-order valence-electron chi connectivity index (χ0n) is 33.7. The molecule has 2 amide bonds. The number of rotatable bonds is 14. The monoisotopic (exact) mass is 745 g/mol. The van der Waals surface area contributed by atoms with Crippen LogP contribution in [0, 0.1) is 5.92 Å². The van der Waals surface area contributed by atoms with Gasteiger partial charge in [0.25, 0.3) is 0 Å². The molecule has 4 rings (SSSR count). The molecule has 3 fully saturated rings. The molecule has 0 spiro atoms. The summed E-state index contributed by atoms with van der Waals surface area (Å²) in [6.07, 6.45) is 10.4. The van der Waals surface area contributed by atoms with Crippen molar-refractivity contribution in [1.29, 1.82) is 0 Å². The molecule has 1 aromatic rings. The first-order valence-electron chi connectivity index (χ1n) is 20.1. The molecule has 1 aromatic heterocycles. The third-order valence-electron chi connectivity index (χ3n) is 10.2. The van der Waals surface area contributed by atoms with Crippen LogP contribution in [0.3, 0.4) is 0 Å². The number of piperazine rings is 1. The molecular formula is C39H68N8O6. The van der Waals surface area contributed by atoms with Crippen molar-refractivity contribution in [3.05, 3.63) is 6.07 Å². The molecule has 2 aliphatic carbocycles. The molecule has 300 valence electrons. The predicted octanol–water partition coefficient (Wildman–Crippen LogP) is 6.30. The van der Waals surface area contributed by atoms with Gasteiger partial charge in [0.05, 0.1) is 13.2 Å². The average Bonchev–Trinajstić information content (AvgIpc) is 3.08. The lowest BCUT2D eigenvalue weighted by molar-refractivity contribution is -0.144. The van der Waals surface area contributed by atoms with Crippen LogP contribution in [0.2, 0.25) is 0 Å². The maximum Gasteiger partial charge on any atom is 0.410 e. The van der Waals surface area contributed by atoms with Gasteiger partial charge in [0.15, 0.2) is 0 Å². The lowest BCUT2D eigenvalue weighted by Crippen LogP contribution is -2.48. The van der Waals surface area contributed by atoms with Gasteiger partial charge < -0.3 is 40.0 Å². The van der Waals surface area contributed by atoms with Crippen LogP contribution in [-0.4, -0.2) is 125 Å². The number of esters is 1. The highest BCUT2D eigenvalue weighted by molar-refractivity contribution is 5.71. The normalized spacial score (nSPS) is 20.4. The van der Waals surface area contributed by atoms with Gasteiger partial charge in [-0.1, -0.05) is 19.3 Å². The molecule has 2 heterocycles. The van der Waals surface area contributed by atoms with Crippen molar-refractivity contribution in [3.8, 4) is 0 Å². The van der Waals surface area contributed by atoms with Gasteiger partial charge in [-0.3, -0.25) is 9.69 Å². The Labute approximate surface area is 317 Å². The van der Waals surface area contributed by atoms with E-state index >= 15 is 0 Å². The number of amides is 2. The van der Waals surface area contributed by atoms with Gasteiger partial charge in [-0.15, -0.1) is 0 Å². The van der Waals surface area contributed by atoms with E-state index in [1.807, 2.05) is 58.3 Å². The number of carbonyl (C=O) groups excluding carboxylic acids is 3. The van der Waals surface area contributed by atoms with Crippen molar-refractivity contribution in [2.75, 3.05) is 74.9 Å². The highest BCUT2D eigenvalue weighted by atomic mass is 16.6. The largest absolute Gasteiger partial charge is 0.465 e. The Morgan fingerprint density at radius 1 is 0.830 bits per heavy atom. The van der Waals surface area contributed by atoms with E-state index in [1.54, 1.807) is 6.07 Å². The van der Waals surface area contributed by atoms with Crippen LogP contribution in [0.4, 0.5) is 27.2 Å². The summed E-state index contributed by atoms with van der Waals surface area (Å²) in [7, 11) is 0. The van der Waals surface area contributed by atoms with Crippen LogP contribution < -0.4 is 16.0 Å². The van der Waals surface area contributed by atoms with E-state index < -0.39 is 11.2 Å². The molecule has 0 unspecified atom stereocenters. The second kappa shape index (κ2) is 19.7. The molecule has 14 heteroatoms. The average molecular weight is 745 g/mol. The van der Waals surface area contributed by atoms with Crippen molar-refractivity contribution in [2.24, 2.45) is 5.92 Å². The number of nitrogens with one attached hydrogen (secondary N) is 1. The van der Waals surface area contributed by atoms with Gasteiger partial charge in [-0.2, -0.15) is 9.97 Å². The molecule has 3 aliphatic rings. The van der Waals surface area contributed by atoms with Crippen molar-refractivity contribution in [2.45, 2.75) is 142 Å². The summed E-state index contributed by atoms with van der Waals surface area (Å²) in [4.78, 5) is 56.0. The fourth-order valence-electron chi connectivity index (χ4n) is 7.64. The Hall–Kier alpha value is -3.55. The Bertz CT molecular complexity index is 1310. The highest BCUT2D eigenvalue weighted by Gasteiger charge is 2.33. The van der Waals surface area contributed by atoms with Gasteiger partial charge in [0.2, 0.25) is 5.95 Å². The number of nitrogen functional groups attached to an aromatic ring is 1. The number of anilines is 3. The number of hydrogen-bond donors (Lipinski definition) is 2. The Morgan fingerprint density at radius 3 is 1.94 bits per heavy atom. The number of nitrogens with zero attached hydrogens (tertiary/aromatic N) is 6. The Morgan fingerprint density at radius 2 is 1.40 bits per heavy atom. The summed E-state index contributed by atoms with van der Waals surface area (Å²) in [6, 6.07) is 2.08. The standard InChI is InChI=1S/C39H68N8O6/c1-8-51-34(48)28-44-23-25-45(26-24-44)33-27-32(40)42-35(43-33)41-20-19-29-15-17-31(18-16-29)47(37(50)53-39(5,6)7)22-12-21-46(30-13-10-9-11-14-30)36(49)52-38(2,3)4/h27,29-31H,8-26,28H2,1-7H3,(H3,40,41,42,43). The summed E-state index contributed by atoms with van der Waals surface area (Å²) < 4.78 is 16.8. The summed E-state index contributed by atoms with van der Waals surface area (Å²) in [5.41, 5.74) is 5.03. The number of aromatic nitrogens is 2. The first-order valence-corrected chi connectivity index (χ1v) is 20.1. The maximum absolute atomic E-state index is 13.6. The van der Waals surface area contributed by atoms with E-state index in [0.717, 1.165) is 96.3 Å². The smallest absolute Gasteiger partial charge is 0.410 e. The summed E-state index contributed by atoms with van der Waals surface area (Å²) in [5.74, 6) is 2.04. The first-order chi connectivity index (χ1) is 25.1. The highest BCUT2D eigenvalue weighted by Crippen LogP contribution is 2.31. The molecule has 2 saturated carbocycles. The second-order valence-corrected chi connectivity index (χ2v) is 16.9. The minimum absolute atomic E-state index is 0.0938. The van der Waals surface area contributed by atoms with Crippen LogP contribution in [-0.2, 0) is 19.0 Å². The molecule has 14 nitrogen and oxygen atoms in total. The van der Waals surface area contributed by atoms with Crippen molar-refractivity contribution >= 4 is 35.7 Å². The number of ether oxygens (including phenoxy) is 3. The molecule has 0 atom stereocenters. The van der Waals surface area contributed by atoms with E-state index in [2.05, 4.69) is 20.1 Å². The van der Waals surface area contributed by atoms with Gasteiger partial charge in [-0.05, 0) is 106 Å². The number of nitrogens with two attached hydrogens (primary N) is 1. The Balaban J connectivity index is 1.27. The number of hydrogen-bond acceptors (Lipinski definition) is 12. The van der Waals surface area contributed by atoms with Gasteiger partial charge in [-0.25, -0.2) is 9.59 Å². The maximum atomic E-state index is 13.6. The number of carbonyl (C=O) groups is 3. The predicted molar refractivity (Wildman–Crippen MR) is 208 cm³/mol. The molecule has 3 N–H and O–H groups in total. The van der Waals surface area contributed by atoms with Crippen LogP contribution in [0.5, 0.6) is 0 Å². The van der Waals surface area contributed by atoms with E-state index in [1.165, 1.54) is 6.42 Å². The third-order valence-corrected chi connectivity index (χ3v) is 10.2. The molecule has 0 aromatic carbocycles. The van der Waals surface area contributed by atoms with Crippen LogP contribution in [0.25, 0.3) is 0 Å². The minimum Gasteiger partial charge on any atom is -0.465 e. The van der Waals surface area contributed by atoms with Gasteiger partial charge in [0, 0.05) is 64.0 Å². The summed E-state index contributed by atoms with van der Waals surface area (Å²) >= 11 is 0. The summed E-state index contributed by atoms with van der Waals surface area (Å²) in [6.45, 7) is 18.7. The van der Waals surface area contributed by atoms with E-state index in [9.17, 15) is 14.4 Å². The molecule has 0 bridgehead atoms. The molecule has 1 aliphatic heterocycles. The first kappa shape index (κ1) is 42.2. The molecule has 53 heavy (non-hydrogen) atoms. The van der Waals surface area contributed by atoms with Gasteiger partial charge in [0.1, 0.15) is 22.8 Å². The van der Waals surface area contributed by atoms with E-state index in [-0.39, 0.29) is 30.2 Å². The second-order valence-electron chi connectivity index (χ2n) is 16.9. The summed E-state index contributed by atoms with van der Waals surface area (Å²) in [5, 5.41) is 3.40. The SMILES string of the molecule is CCOC(=O)CN1CCN(c2cc(N)nc(NCCC3CCC(N(CCCN(C(=O)OC(C)(C)C)C4CCCCC4)C(=O)OC(C)(C)C)CC3)n2)CC1. The fourth-order valence-corrected chi connectivity index (χ4v) is 7.64. The molecular weight excluding hydrogens is 676 g/mol. The van der Waals surface area contributed by atoms with Crippen LogP contribution >= 0.6 is 0 Å². The topological polar surface area (TPSA) is 156 Å². The molecule has 0 radical (unpaired) electrons.